The Kier molecular flexibility index (Phi) is 2.90. The molecule has 0 amide bonds. The summed E-state index contributed by atoms with van der Waals surface area (Å²) in [6.45, 7) is 4.10. The van der Waals surface area contributed by atoms with Gasteiger partial charge < -0.3 is 0 Å². The van der Waals surface area contributed by atoms with Crippen LogP contribution < -0.4 is 0 Å². The van der Waals surface area contributed by atoms with Gasteiger partial charge in [-0.25, -0.2) is 9.97 Å². The molecule has 106 valence electrons. The van der Waals surface area contributed by atoms with Gasteiger partial charge in [-0.1, -0.05) is 42.5 Å². The van der Waals surface area contributed by atoms with Gasteiger partial charge in [-0.05, 0) is 48.4 Å². The number of hydrogen-bond donors (Lipinski definition) is 0. The van der Waals surface area contributed by atoms with Crippen molar-refractivity contribution in [2.45, 2.75) is 13.8 Å². The lowest BCUT2D eigenvalue weighted by Gasteiger charge is -2.08. The van der Waals surface area contributed by atoms with Crippen LogP contribution in [0, 0.1) is 13.8 Å². The van der Waals surface area contributed by atoms with Gasteiger partial charge in [0.05, 0.1) is 22.4 Å². The first-order valence-corrected chi connectivity index (χ1v) is 7.45. The summed E-state index contributed by atoms with van der Waals surface area (Å²) in [5, 5.41) is 2.47. The largest absolute Gasteiger partial charge is 0.249 e. The highest BCUT2D eigenvalue weighted by Crippen LogP contribution is 2.26. The molecular formula is C20H16N2. The van der Waals surface area contributed by atoms with Crippen LogP contribution in [0.25, 0.3) is 33.1 Å². The highest BCUT2D eigenvalue weighted by Gasteiger charge is 2.08. The van der Waals surface area contributed by atoms with Gasteiger partial charge in [-0.2, -0.15) is 0 Å². The first kappa shape index (κ1) is 13.0. The standard InChI is InChI=1S/C20H16N2/c1-13-7-10-18-19(11-13)22-20(14(2)21-18)17-9-8-15-5-3-4-6-16(15)12-17/h3-12H,1-2H3. The Labute approximate surface area is 129 Å². The molecule has 1 aromatic heterocycles. The van der Waals surface area contributed by atoms with Crippen molar-refractivity contribution >= 4 is 21.8 Å². The second-order valence-electron chi connectivity index (χ2n) is 5.71. The van der Waals surface area contributed by atoms with Crippen LogP contribution in [0.15, 0.2) is 60.7 Å². The molecule has 0 saturated carbocycles. The Morgan fingerprint density at radius 1 is 0.682 bits per heavy atom. The molecule has 2 nitrogen and oxygen atoms in total. The van der Waals surface area contributed by atoms with Gasteiger partial charge in [0, 0.05) is 5.56 Å². The van der Waals surface area contributed by atoms with Gasteiger partial charge in [-0.15, -0.1) is 0 Å². The Hall–Kier alpha value is -2.74. The molecule has 0 bridgehead atoms. The van der Waals surface area contributed by atoms with E-state index in [0.717, 1.165) is 28.0 Å². The summed E-state index contributed by atoms with van der Waals surface area (Å²) in [5.74, 6) is 0. The van der Waals surface area contributed by atoms with Gasteiger partial charge in [0.1, 0.15) is 0 Å². The Balaban J connectivity index is 1.96. The molecule has 3 aromatic carbocycles. The highest BCUT2D eigenvalue weighted by atomic mass is 14.8. The second kappa shape index (κ2) is 4.92. The van der Waals surface area contributed by atoms with Gasteiger partial charge >= 0.3 is 0 Å². The minimum atomic E-state index is 0.952. The van der Waals surface area contributed by atoms with Crippen LogP contribution >= 0.6 is 0 Å². The zero-order chi connectivity index (χ0) is 15.1. The Bertz CT molecular complexity index is 1000. The number of hydrogen-bond acceptors (Lipinski definition) is 2. The van der Waals surface area contributed by atoms with Crippen molar-refractivity contribution in [1.29, 1.82) is 0 Å². The molecule has 0 unspecified atom stereocenters. The second-order valence-corrected chi connectivity index (χ2v) is 5.71. The van der Waals surface area contributed by atoms with Crippen LogP contribution in [0.4, 0.5) is 0 Å². The summed E-state index contributed by atoms with van der Waals surface area (Å²) in [6, 6.07) is 21.0. The van der Waals surface area contributed by atoms with E-state index in [-0.39, 0.29) is 0 Å². The fraction of sp³-hybridized carbons (Fsp3) is 0.100. The molecule has 22 heavy (non-hydrogen) atoms. The van der Waals surface area contributed by atoms with E-state index < -0.39 is 0 Å². The zero-order valence-corrected chi connectivity index (χ0v) is 12.7. The molecule has 0 spiro atoms. The monoisotopic (exact) mass is 284 g/mol. The molecule has 0 saturated heterocycles. The van der Waals surface area contributed by atoms with Crippen molar-refractivity contribution in [2.24, 2.45) is 0 Å². The molecule has 0 aliphatic rings. The molecule has 0 fully saturated rings. The lowest BCUT2D eigenvalue weighted by Crippen LogP contribution is -1.94. The number of fused-ring (bicyclic) bond motifs is 2. The average molecular weight is 284 g/mol. The van der Waals surface area contributed by atoms with E-state index in [1.807, 2.05) is 13.0 Å². The molecule has 4 rings (SSSR count). The topological polar surface area (TPSA) is 25.8 Å². The van der Waals surface area contributed by atoms with Crippen molar-refractivity contribution in [3.63, 3.8) is 0 Å². The number of aromatic nitrogens is 2. The number of benzene rings is 3. The van der Waals surface area contributed by atoms with Gasteiger partial charge in [0.25, 0.3) is 0 Å². The minimum Gasteiger partial charge on any atom is -0.249 e. The van der Waals surface area contributed by atoms with Crippen LogP contribution in [0.1, 0.15) is 11.3 Å². The minimum absolute atomic E-state index is 0.952. The van der Waals surface area contributed by atoms with E-state index >= 15 is 0 Å². The van der Waals surface area contributed by atoms with E-state index in [0.29, 0.717) is 0 Å². The molecule has 0 aliphatic carbocycles. The van der Waals surface area contributed by atoms with Gasteiger partial charge in [-0.3, -0.25) is 0 Å². The third kappa shape index (κ3) is 2.13. The van der Waals surface area contributed by atoms with Crippen molar-refractivity contribution in [2.75, 3.05) is 0 Å². The molecule has 0 aliphatic heterocycles. The van der Waals surface area contributed by atoms with Crippen molar-refractivity contribution < 1.29 is 0 Å². The zero-order valence-electron chi connectivity index (χ0n) is 12.7. The predicted octanol–water partition coefficient (Wildman–Crippen LogP) is 5.07. The molecule has 1 heterocycles. The maximum absolute atomic E-state index is 4.85. The maximum atomic E-state index is 4.85. The van der Waals surface area contributed by atoms with Crippen LogP contribution in [-0.4, -0.2) is 9.97 Å². The Morgan fingerprint density at radius 2 is 1.50 bits per heavy atom. The van der Waals surface area contributed by atoms with Gasteiger partial charge in [0.2, 0.25) is 0 Å². The SMILES string of the molecule is Cc1ccc2nc(C)c(-c3ccc4ccccc4c3)nc2c1. The molecule has 2 heteroatoms. The van der Waals surface area contributed by atoms with E-state index in [1.165, 1.54) is 16.3 Å². The van der Waals surface area contributed by atoms with Crippen LogP contribution in [0.3, 0.4) is 0 Å². The van der Waals surface area contributed by atoms with Crippen molar-refractivity contribution in [3.8, 4) is 11.3 Å². The van der Waals surface area contributed by atoms with E-state index in [9.17, 15) is 0 Å². The van der Waals surface area contributed by atoms with Crippen molar-refractivity contribution in [1.82, 2.24) is 9.97 Å². The van der Waals surface area contributed by atoms with E-state index in [1.54, 1.807) is 0 Å². The summed E-state index contributed by atoms with van der Waals surface area (Å²) in [5.41, 5.74) is 6.15. The fourth-order valence-corrected chi connectivity index (χ4v) is 2.86. The molecule has 0 N–H and O–H groups in total. The summed E-state index contributed by atoms with van der Waals surface area (Å²) in [7, 11) is 0. The lowest BCUT2D eigenvalue weighted by molar-refractivity contribution is 1.19. The fourth-order valence-electron chi connectivity index (χ4n) is 2.86. The van der Waals surface area contributed by atoms with E-state index in [4.69, 9.17) is 9.97 Å². The summed E-state index contributed by atoms with van der Waals surface area (Å²) in [6.07, 6.45) is 0. The highest BCUT2D eigenvalue weighted by molar-refractivity contribution is 5.88. The van der Waals surface area contributed by atoms with E-state index in [2.05, 4.69) is 61.5 Å². The average Bonchev–Trinajstić information content (AvgIpc) is 2.54. The quantitative estimate of drug-likeness (QED) is 0.488. The van der Waals surface area contributed by atoms with Crippen LogP contribution in [0.5, 0.6) is 0 Å². The van der Waals surface area contributed by atoms with Crippen molar-refractivity contribution in [3.05, 3.63) is 71.9 Å². The first-order valence-electron chi connectivity index (χ1n) is 7.45. The summed E-state index contributed by atoms with van der Waals surface area (Å²) in [4.78, 5) is 9.56. The molecule has 0 atom stereocenters. The molecule has 4 aromatic rings. The smallest absolute Gasteiger partial charge is 0.0922 e. The number of rotatable bonds is 1. The number of aryl methyl sites for hydroxylation is 2. The first-order chi connectivity index (χ1) is 10.7. The summed E-state index contributed by atoms with van der Waals surface area (Å²) >= 11 is 0. The lowest BCUT2D eigenvalue weighted by atomic mass is 10.0. The Morgan fingerprint density at radius 3 is 2.36 bits per heavy atom. The third-order valence-corrected chi connectivity index (χ3v) is 4.02. The maximum Gasteiger partial charge on any atom is 0.0922 e. The normalized spacial score (nSPS) is 11.2. The third-order valence-electron chi connectivity index (χ3n) is 4.02. The van der Waals surface area contributed by atoms with Crippen LogP contribution in [-0.2, 0) is 0 Å². The number of nitrogens with zero attached hydrogens (tertiary/aromatic N) is 2. The van der Waals surface area contributed by atoms with Gasteiger partial charge in [0.15, 0.2) is 0 Å². The molecule has 0 radical (unpaired) electrons. The molecular weight excluding hydrogens is 268 g/mol. The summed E-state index contributed by atoms with van der Waals surface area (Å²) < 4.78 is 0. The van der Waals surface area contributed by atoms with Crippen LogP contribution in [0.2, 0.25) is 0 Å². The predicted molar refractivity (Wildman–Crippen MR) is 92.0 cm³/mol.